The molecule has 0 saturated carbocycles. The van der Waals surface area contributed by atoms with Crippen molar-refractivity contribution in [1.29, 1.82) is 0 Å². The van der Waals surface area contributed by atoms with Crippen LogP contribution >= 0.6 is 0 Å². The molecule has 1 heterocycles. The van der Waals surface area contributed by atoms with Crippen LogP contribution in [0.2, 0.25) is 0 Å². The van der Waals surface area contributed by atoms with Crippen molar-refractivity contribution in [1.82, 2.24) is 4.98 Å². The molecule has 1 aliphatic rings. The van der Waals surface area contributed by atoms with Crippen molar-refractivity contribution in [2.45, 2.75) is 25.2 Å². The van der Waals surface area contributed by atoms with Crippen LogP contribution in [-0.2, 0) is 6.42 Å². The van der Waals surface area contributed by atoms with Crippen molar-refractivity contribution < 1.29 is 0 Å². The Balaban J connectivity index is 2.10. The van der Waals surface area contributed by atoms with E-state index in [0.717, 1.165) is 13.0 Å². The number of fused-ring (bicyclic) bond motifs is 1. The first kappa shape index (κ1) is 9.41. The van der Waals surface area contributed by atoms with Gasteiger partial charge in [-0.1, -0.05) is 18.2 Å². The first-order valence-corrected chi connectivity index (χ1v) is 5.22. The molecule has 1 atom stereocenters. The van der Waals surface area contributed by atoms with Crippen LogP contribution in [-0.4, -0.2) is 11.5 Å². The van der Waals surface area contributed by atoms with E-state index in [4.69, 9.17) is 5.73 Å². The van der Waals surface area contributed by atoms with Gasteiger partial charge in [0.05, 0.1) is 5.69 Å². The molecule has 2 nitrogen and oxygen atoms in total. The highest BCUT2D eigenvalue weighted by molar-refractivity contribution is 5.31. The summed E-state index contributed by atoms with van der Waals surface area (Å²) in [5.41, 5.74) is 8.12. The van der Waals surface area contributed by atoms with Gasteiger partial charge in [0.15, 0.2) is 0 Å². The third-order valence-corrected chi connectivity index (χ3v) is 2.70. The Morgan fingerprint density at radius 1 is 1.57 bits per heavy atom. The van der Waals surface area contributed by atoms with Crippen LogP contribution in [0.1, 0.15) is 30.0 Å². The molecule has 2 N–H and O–H groups in total. The van der Waals surface area contributed by atoms with Crippen LogP contribution in [0, 0.1) is 0 Å². The van der Waals surface area contributed by atoms with E-state index < -0.39 is 0 Å². The molecule has 0 bridgehead atoms. The molecule has 1 aromatic rings. The van der Waals surface area contributed by atoms with E-state index in [-0.39, 0.29) is 0 Å². The summed E-state index contributed by atoms with van der Waals surface area (Å²) in [7, 11) is 0. The van der Waals surface area contributed by atoms with Gasteiger partial charge in [-0.15, -0.1) is 0 Å². The smallest absolute Gasteiger partial charge is 0.0504 e. The first-order valence-electron chi connectivity index (χ1n) is 5.22. The Hall–Kier alpha value is -1.15. The van der Waals surface area contributed by atoms with Gasteiger partial charge in [0.25, 0.3) is 0 Å². The first-order chi connectivity index (χ1) is 6.92. The second-order valence-corrected chi connectivity index (χ2v) is 3.70. The summed E-state index contributed by atoms with van der Waals surface area (Å²) in [6, 6.07) is 4.20. The number of hydrogen-bond acceptors (Lipinski definition) is 2. The summed E-state index contributed by atoms with van der Waals surface area (Å²) in [6.45, 7) is 0.734. The highest BCUT2D eigenvalue weighted by Gasteiger charge is 2.20. The average molecular weight is 188 g/mol. The zero-order valence-corrected chi connectivity index (χ0v) is 8.32. The van der Waals surface area contributed by atoms with E-state index in [1.54, 1.807) is 0 Å². The zero-order valence-electron chi connectivity index (χ0n) is 8.32. The number of rotatable bonds is 3. The molecule has 0 saturated heterocycles. The van der Waals surface area contributed by atoms with Gasteiger partial charge in [-0.05, 0) is 37.4 Å². The quantitative estimate of drug-likeness (QED) is 0.737. The van der Waals surface area contributed by atoms with Gasteiger partial charge in [-0.25, -0.2) is 0 Å². The number of pyridine rings is 1. The van der Waals surface area contributed by atoms with Crippen molar-refractivity contribution in [2.75, 3.05) is 6.54 Å². The number of aryl methyl sites for hydroxylation is 1. The molecular formula is C12H16N2. The molecule has 14 heavy (non-hydrogen) atoms. The fourth-order valence-electron chi connectivity index (χ4n) is 1.99. The van der Waals surface area contributed by atoms with Gasteiger partial charge in [0.1, 0.15) is 0 Å². The van der Waals surface area contributed by atoms with Crippen molar-refractivity contribution in [3.8, 4) is 0 Å². The van der Waals surface area contributed by atoms with Gasteiger partial charge in [-0.3, -0.25) is 4.98 Å². The van der Waals surface area contributed by atoms with E-state index in [2.05, 4.69) is 23.2 Å². The fraction of sp³-hybridized carbons (Fsp3) is 0.417. The molecule has 2 rings (SSSR count). The zero-order chi connectivity index (χ0) is 9.80. The molecule has 0 aliphatic heterocycles. The van der Waals surface area contributed by atoms with Gasteiger partial charge in [0, 0.05) is 12.1 Å². The second kappa shape index (κ2) is 4.38. The number of aromatic nitrogens is 1. The summed E-state index contributed by atoms with van der Waals surface area (Å²) in [4.78, 5) is 4.44. The minimum atomic E-state index is 0.526. The maximum atomic E-state index is 5.44. The van der Waals surface area contributed by atoms with Crippen molar-refractivity contribution in [3.05, 3.63) is 41.7 Å². The monoisotopic (exact) mass is 188 g/mol. The summed E-state index contributed by atoms with van der Waals surface area (Å²) in [5.74, 6) is 0.526. The lowest BCUT2D eigenvalue weighted by Crippen LogP contribution is -1.96. The van der Waals surface area contributed by atoms with E-state index in [1.165, 1.54) is 24.1 Å². The van der Waals surface area contributed by atoms with E-state index >= 15 is 0 Å². The van der Waals surface area contributed by atoms with Gasteiger partial charge >= 0.3 is 0 Å². The molecule has 0 spiro atoms. The standard InChI is InChI=1S/C12H16N2/c13-8-2-1-4-10-6-7-11-5-3-9-14-12(10)11/h1,3-5,9-10H,2,6-8,13H2. The van der Waals surface area contributed by atoms with E-state index in [9.17, 15) is 0 Å². The fourth-order valence-corrected chi connectivity index (χ4v) is 1.99. The summed E-state index contributed by atoms with van der Waals surface area (Å²) in [5, 5.41) is 0. The van der Waals surface area contributed by atoms with Crippen molar-refractivity contribution >= 4 is 0 Å². The third kappa shape index (κ3) is 1.85. The van der Waals surface area contributed by atoms with Gasteiger partial charge in [0.2, 0.25) is 0 Å². The van der Waals surface area contributed by atoms with Crippen LogP contribution in [0.3, 0.4) is 0 Å². The molecule has 1 aromatic heterocycles. The molecule has 1 unspecified atom stereocenters. The molecule has 1 aliphatic carbocycles. The second-order valence-electron chi connectivity index (χ2n) is 3.70. The highest BCUT2D eigenvalue weighted by atomic mass is 14.7. The lowest BCUT2D eigenvalue weighted by Gasteiger charge is -2.03. The number of nitrogens with zero attached hydrogens (tertiary/aromatic N) is 1. The molecule has 0 amide bonds. The molecule has 2 heteroatoms. The Kier molecular flexibility index (Phi) is 2.94. The summed E-state index contributed by atoms with van der Waals surface area (Å²) >= 11 is 0. The normalized spacial score (nSPS) is 20.2. The van der Waals surface area contributed by atoms with Crippen LogP contribution < -0.4 is 5.73 Å². The third-order valence-electron chi connectivity index (χ3n) is 2.70. The summed E-state index contributed by atoms with van der Waals surface area (Å²) < 4.78 is 0. The number of nitrogens with two attached hydrogens (primary N) is 1. The molecular weight excluding hydrogens is 172 g/mol. The molecule has 0 fully saturated rings. The Morgan fingerprint density at radius 3 is 3.36 bits per heavy atom. The minimum Gasteiger partial charge on any atom is -0.330 e. The largest absolute Gasteiger partial charge is 0.330 e. The Bertz CT molecular complexity index is 331. The predicted octanol–water partition coefficient (Wildman–Crippen LogP) is 2.02. The molecule has 0 radical (unpaired) electrons. The summed E-state index contributed by atoms with van der Waals surface area (Å²) in [6.07, 6.45) is 9.65. The molecule has 0 aromatic carbocycles. The SMILES string of the molecule is NCCC=CC1CCc2cccnc21. The lowest BCUT2D eigenvalue weighted by atomic mass is 10.1. The predicted molar refractivity (Wildman–Crippen MR) is 58.1 cm³/mol. The average Bonchev–Trinajstić information content (AvgIpc) is 2.63. The maximum Gasteiger partial charge on any atom is 0.0504 e. The van der Waals surface area contributed by atoms with Gasteiger partial charge in [-0.2, -0.15) is 0 Å². The molecule has 74 valence electrons. The Labute approximate surface area is 84.9 Å². The Morgan fingerprint density at radius 2 is 2.50 bits per heavy atom. The van der Waals surface area contributed by atoms with Crippen LogP contribution in [0.25, 0.3) is 0 Å². The number of allylic oxidation sites excluding steroid dienone is 1. The number of hydrogen-bond donors (Lipinski definition) is 1. The van der Waals surface area contributed by atoms with E-state index in [0.29, 0.717) is 5.92 Å². The van der Waals surface area contributed by atoms with Crippen LogP contribution in [0.15, 0.2) is 30.5 Å². The van der Waals surface area contributed by atoms with Crippen LogP contribution in [0.5, 0.6) is 0 Å². The topological polar surface area (TPSA) is 38.9 Å². The van der Waals surface area contributed by atoms with E-state index in [1.807, 2.05) is 12.3 Å². The minimum absolute atomic E-state index is 0.526. The maximum absolute atomic E-state index is 5.44. The van der Waals surface area contributed by atoms with Crippen LogP contribution in [0.4, 0.5) is 0 Å². The van der Waals surface area contributed by atoms with Crippen molar-refractivity contribution in [2.24, 2.45) is 5.73 Å². The van der Waals surface area contributed by atoms with Gasteiger partial charge < -0.3 is 5.73 Å². The van der Waals surface area contributed by atoms with Crippen molar-refractivity contribution in [3.63, 3.8) is 0 Å². The lowest BCUT2D eigenvalue weighted by molar-refractivity contribution is 0.792. The highest BCUT2D eigenvalue weighted by Crippen LogP contribution is 2.31.